The van der Waals surface area contributed by atoms with E-state index in [1.54, 1.807) is 0 Å². The van der Waals surface area contributed by atoms with Crippen LogP contribution in [0.3, 0.4) is 0 Å². The number of hydrogen-bond donors (Lipinski definition) is 3. The summed E-state index contributed by atoms with van der Waals surface area (Å²) in [5.74, 6) is 0. The zero-order chi connectivity index (χ0) is 18.3. The van der Waals surface area contributed by atoms with Crippen molar-refractivity contribution in [3.8, 4) is 0 Å². The average molecular weight is 358 g/mol. The van der Waals surface area contributed by atoms with Crippen LogP contribution in [0.25, 0.3) is 0 Å². The number of rotatable bonds is 4. The van der Waals surface area contributed by atoms with Crippen LogP contribution in [0.1, 0.15) is 27.0 Å². The Morgan fingerprint density at radius 1 is 1.29 bits per heavy atom. The maximum atomic E-state index is 11.8. The fraction of sp³-hybridized carbons (Fsp3) is 0.733. The Labute approximate surface area is 141 Å². The number of aliphatic hydroxyl groups excluding tert-OH is 2. The van der Waals surface area contributed by atoms with Crippen LogP contribution in [0.5, 0.6) is 0 Å². The van der Waals surface area contributed by atoms with Crippen molar-refractivity contribution < 1.29 is 19.4 Å². The first kappa shape index (κ1) is 19.1. The number of H-pyrrole nitrogens is 1. The fourth-order valence-corrected chi connectivity index (χ4v) is 3.25. The Bertz CT molecular complexity index is 692. The van der Waals surface area contributed by atoms with E-state index in [1.807, 2.05) is 0 Å². The predicted molar refractivity (Wildman–Crippen MR) is 90.4 cm³/mol. The van der Waals surface area contributed by atoms with Crippen LogP contribution < -0.4 is 11.2 Å². The molecule has 0 aromatic carbocycles. The highest BCUT2D eigenvalue weighted by Crippen LogP contribution is 2.37. The Morgan fingerprint density at radius 2 is 1.92 bits per heavy atom. The van der Waals surface area contributed by atoms with E-state index in [9.17, 15) is 19.8 Å². The molecule has 8 nitrogen and oxygen atoms in total. The first-order chi connectivity index (χ1) is 10.9. The molecule has 0 radical (unpaired) electrons. The van der Waals surface area contributed by atoms with E-state index in [0.717, 1.165) is 10.6 Å². The summed E-state index contributed by atoms with van der Waals surface area (Å²) in [5.41, 5.74) is -1.24. The lowest BCUT2D eigenvalue weighted by Gasteiger charge is -2.37. The first-order valence-electron chi connectivity index (χ1n) is 7.91. The van der Waals surface area contributed by atoms with Gasteiger partial charge in [-0.1, -0.05) is 20.8 Å². The third-order valence-electron chi connectivity index (χ3n) is 4.88. The van der Waals surface area contributed by atoms with Crippen molar-refractivity contribution in [3.63, 3.8) is 0 Å². The van der Waals surface area contributed by atoms with Crippen molar-refractivity contribution in [1.82, 2.24) is 9.55 Å². The van der Waals surface area contributed by atoms with Gasteiger partial charge < -0.3 is 19.4 Å². The summed E-state index contributed by atoms with van der Waals surface area (Å²) in [6, 6.07) is 1.16. The van der Waals surface area contributed by atoms with Gasteiger partial charge in [0.15, 0.2) is 14.5 Å². The standard InChI is InChI=1S/C15H26N2O6Si/c1-15(2,3)24(4,5)22-8-9-11(19)12(20)13(23-9)17-7-6-10(18)16-14(17)21/h6-7,9,11-13,19-20H,8H2,1-5H3,(H,16,18,21). The first-order valence-corrected chi connectivity index (χ1v) is 10.8. The molecule has 4 atom stereocenters. The molecule has 0 aliphatic carbocycles. The monoisotopic (exact) mass is 358 g/mol. The van der Waals surface area contributed by atoms with Gasteiger partial charge in [0.05, 0.1) is 6.61 Å². The molecule has 0 spiro atoms. The van der Waals surface area contributed by atoms with Crippen LogP contribution >= 0.6 is 0 Å². The number of aromatic amines is 1. The van der Waals surface area contributed by atoms with E-state index in [0.29, 0.717) is 0 Å². The van der Waals surface area contributed by atoms with Gasteiger partial charge in [0.25, 0.3) is 5.56 Å². The summed E-state index contributed by atoms with van der Waals surface area (Å²) < 4.78 is 12.7. The molecule has 1 saturated heterocycles. The van der Waals surface area contributed by atoms with Gasteiger partial charge in [0.1, 0.15) is 18.3 Å². The summed E-state index contributed by atoms with van der Waals surface area (Å²) in [6.07, 6.45) is -3.06. The number of nitrogens with one attached hydrogen (secondary N) is 1. The van der Waals surface area contributed by atoms with Gasteiger partial charge in [-0.2, -0.15) is 0 Å². The minimum atomic E-state index is -2.03. The molecule has 1 aliphatic rings. The Hall–Kier alpha value is -1.26. The van der Waals surface area contributed by atoms with Crippen molar-refractivity contribution in [2.45, 2.75) is 63.4 Å². The summed E-state index contributed by atoms with van der Waals surface area (Å²) >= 11 is 0. The Balaban J connectivity index is 2.13. The molecule has 0 amide bonds. The Morgan fingerprint density at radius 3 is 2.46 bits per heavy atom. The second-order valence-corrected chi connectivity index (χ2v) is 12.4. The zero-order valence-corrected chi connectivity index (χ0v) is 15.6. The minimum Gasteiger partial charge on any atom is -0.414 e. The lowest BCUT2D eigenvalue weighted by molar-refractivity contribution is -0.0531. The number of nitrogens with zero attached hydrogens (tertiary/aromatic N) is 1. The molecular weight excluding hydrogens is 332 g/mol. The molecular formula is C15H26N2O6Si. The van der Waals surface area contributed by atoms with Crippen molar-refractivity contribution >= 4 is 8.32 Å². The molecule has 1 aromatic rings. The molecule has 9 heteroatoms. The van der Waals surface area contributed by atoms with Crippen LogP contribution in [0.4, 0.5) is 0 Å². The molecule has 0 saturated carbocycles. The number of ether oxygens (including phenoxy) is 1. The highest BCUT2D eigenvalue weighted by atomic mass is 28.4. The largest absolute Gasteiger partial charge is 0.414 e. The molecule has 4 unspecified atom stereocenters. The zero-order valence-electron chi connectivity index (χ0n) is 14.6. The lowest BCUT2D eigenvalue weighted by atomic mass is 10.1. The maximum absolute atomic E-state index is 11.8. The van der Waals surface area contributed by atoms with E-state index in [1.165, 1.54) is 6.20 Å². The summed E-state index contributed by atoms with van der Waals surface area (Å²) in [5, 5.41) is 20.4. The van der Waals surface area contributed by atoms with Gasteiger partial charge >= 0.3 is 5.69 Å². The third kappa shape index (κ3) is 3.70. The van der Waals surface area contributed by atoms with Crippen molar-refractivity contribution in [2.24, 2.45) is 0 Å². The van der Waals surface area contributed by atoms with Gasteiger partial charge in [-0.05, 0) is 18.1 Å². The molecule has 1 aliphatic heterocycles. The van der Waals surface area contributed by atoms with Gasteiger partial charge in [0, 0.05) is 12.3 Å². The molecule has 24 heavy (non-hydrogen) atoms. The molecule has 1 fully saturated rings. The van der Waals surface area contributed by atoms with Crippen LogP contribution in [-0.2, 0) is 9.16 Å². The topological polar surface area (TPSA) is 114 Å². The fourth-order valence-electron chi connectivity index (χ4n) is 2.23. The summed E-state index contributed by atoms with van der Waals surface area (Å²) in [4.78, 5) is 25.1. The SMILES string of the molecule is CC(C)(C)[Si](C)(C)OCC1OC(n2ccc(=O)[nH]c2=O)C(O)C1O. The van der Waals surface area contributed by atoms with E-state index in [2.05, 4.69) is 38.8 Å². The van der Waals surface area contributed by atoms with E-state index >= 15 is 0 Å². The normalized spacial score (nSPS) is 28.3. The second kappa shape index (κ2) is 6.56. The third-order valence-corrected chi connectivity index (χ3v) is 9.38. The number of aliphatic hydroxyl groups is 2. The van der Waals surface area contributed by atoms with Gasteiger partial charge in [-0.15, -0.1) is 0 Å². The van der Waals surface area contributed by atoms with Crippen LogP contribution in [0, 0.1) is 0 Å². The lowest BCUT2D eigenvalue weighted by Crippen LogP contribution is -2.44. The molecule has 0 bridgehead atoms. The van der Waals surface area contributed by atoms with Gasteiger partial charge in [-0.25, -0.2) is 4.79 Å². The number of hydrogen-bond acceptors (Lipinski definition) is 6. The van der Waals surface area contributed by atoms with Crippen molar-refractivity contribution in [2.75, 3.05) is 6.61 Å². The molecule has 1 aromatic heterocycles. The highest BCUT2D eigenvalue weighted by Gasteiger charge is 2.46. The smallest absolute Gasteiger partial charge is 0.330 e. The Kier molecular flexibility index (Phi) is 5.21. The maximum Gasteiger partial charge on any atom is 0.330 e. The molecule has 2 heterocycles. The van der Waals surface area contributed by atoms with Crippen LogP contribution in [0.2, 0.25) is 18.1 Å². The van der Waals surface area contributed by atoms with Crippen LogP contribution in [0.15, 0.2) is 21.9 Å². The van der Waals surface area contributed by atoms with E-state index in [4.69, 9.17) is 9.16 Å². The van der Waals surface area contributed by atoms with E-state index in [-0.39, 0.29) is 11.6 Å². The summed E-state index contributed by atoms with van der Waals surface area (Å²) in [7, 11) is -2.03. The van der Waals surface area contributed by atoms with Gasteiger partial charge in [0.2, 0.25) is 0 Å². The average Bonchev–Trinajstić information content (AvgIpc) is 2.72. The minimum absolute atomic E-state index is 0.00439. The predicted octanol–water partition coefficient (Wildman–Crippen LogP) is 0.178. The van der Waals surface area contributed by atoms with E-state index < -0.39 is 44.1 Å². The molecule has 136 valence electrons. The number of aromatic nitrogens is 2. The molecule has 2 rings (SSSR count). The molecule has 3 N–H and O–H groups in total. The summed E-state index contributed by atoms with van der Waals surface area (Å²) in [6.45, 7) is 10.6. The quantitative estimate of drug-likeness (QED) is 0.662. The van der Waals surface area contributed by atoms with Crippen molar-refractivity contribution in [1.29, 1.82) is 0 Å². The van der Waals surface area contributed by atoms with Crippen LogP contribution in [-0.4, -0.2) is 53.0 Å². The second-order valence-electron chi connectivity index (χ2n) is 7.64. The van der Waals surface area contributed by atoms with Gasteiger partial charge in [-0.3, -0.25) is 14.3 Å². The van der Waals surface area contributed by atoms with Crippen molar-refractivity contribution in [3.05, 3.63) is 33.1 Å². The highest BCUT2D eigenvalue weighted by molar-refractivity contribution is 6.74.